The normalized spacial score (nSPS) is 13.1. The number of aromatic nitrogens is 2. The molecule has 0 amide bonds. The van der Waals surface area contributed by atoms with Gasteiger partial charge in [0, 0.05) is 22.1 Å². The lowest BCUT2D eigenvalue weighted by Gasteiger charge is -2.25. The third-order valence-corrected chi connectivity index (χ3v) is 10.9. The van der Waals surface area contributed by atoms with Crippen LogP contribution in [-0.4, -0.2) is 9.97 Å². The predicted octanol–water partition coefficient (Wildman–Crippen LogP) is 12.9. The molecular formula is C49H34N2. The quantitative estimate of drug-likeness (QED) is 0.140. The summed E-state index contributed by atoms with van der Waals surface area (Å²) in [7, 11) is 0. The first-order valence-corrected chi connectivity index (χ1v) is 17.7. The monoisotopic (exact) mass is 650 g/mol. The number of rotatable bonds is 4. The molecular weight excluding hydrogens is 617 g/mol. The Hall–Kier alpha value is -6.38. The maximum Gasteiger partial charge on any atom is 0.160 e. The molecule has 9 aromatic rings. The Morgan fingerprint density at radius 1 is 0.392 bits per heavy atom. The zero-order valence-corrected chi connectivity index (χ0v) is 28.6. The summed E-state index contributed by atoms with van der Waals surface area (Å²) in [5.74, 6) is 0.714. The van der Waals surface area contributed by atoms with Crippen molar-refractivity contribution in [2.24, 2.45) is 0 Å². The van der Waals surface area contributed by atoms with Gasteiger partial charge in [-0.05, 0) is 77.8 Å². The molecule has 1 aliphatic rings. The van der Waals surface area contributed by atoms with Crippen LogP contribution in [0.15, 0.2) is 170 Å². The molecule has 0 spiro atoms. The molecule has 0 radical (unpaired) electrons. The Morgan fingerprint density at radius 3 is 1.82 bits per heavy atom. The van der Waals surface area contributed by atoms with Gasteiger partial charge in [0.05, 0.1) is 11.4 Å². The summed E-state index contributed by atoms with van der Waals surface area (Å²) in [6.45, 7) is 4.71. The second-order valence-electron chi connectivity index (χ2n) is 14.1. The Balaban J connectivity index is 1.27. The fourth-order valence-corrected chi connectivity index (χ4v) is 8.54. The van der Waals surface area contributed by atoms with Crippen LogP contribution in [0.4, 0.5) is 0 Å². The Bertz CT molecular complexity index is 2830. The molecule has 240 valence electrons. The molecule has 0 N–H and O–H groups in total. The number of nitrogens with zero attached hydrogens (tertiary/aromatic N) is 2. The van der Waals surface area contributed by atoms with Crippen LogP contribution in [0.5, 0.6) is 0 Å². The third kappa shape index (κ3) is 4.57. The van der Waals surface area contributed by atoms with E-state index in [0.29, 0.717) is 5.82 Å². The van der Waals surface area contributed by atoms with Crippen molar-refractivity contribution in [2.45, 2.75) is 19.3 Å². The van der Waals surface area contributed by atoms with Crippen molar-refractivity contribution in [3.63, 3.8) is 0 Å². The minimum atomic E-state index is -0.147. The Morgan fingerprint density at radius 2 is 1.00 bits per heavy atom. The average Bonchev–Trinajstić information content (AvgIpc) is 3.43. The summed E-state index contributed by atoms with van der Waals surface area (Å²) in [5, 5.41) is 7.26. The lowest BCUT2D eigenvalue weighted by Crippen LogP contribution is -2.16. The number of benzene rings is 8. The highest BCUT2D eigenvalue weighted by atomic mass is 14.9. The molecule has 1 heterocycles. The van der Waals surface area contributed by atoms with Crippen molar-refractivity contribution in [1.82, 2.24) is 9.97 Å². The van der Waals surface area contributed by atoms with E-state index < -0.39 is 0 Å². The summed E-state index contributed by atoms with van der Waals surface area (Å²) < 4.78 is 0. The van der Waals surface area contributed by atoms with E-state index in [-0.39, 0.29) is 5.41 Å². The molecule has 1 aromatic heterocycles. The van der Waals surface area contributed by atoms with E-state index in [1.54, 1.807) is 0 Å². The van der Waals surface area contributed by atoms with Gasteiger partial charge in [-0.15, -0.1) is 0 Å². The van der Waals surface area contributed by atoms with E-state index in [9.17, 15) is 0 Å². The second-order valence-corrected chi connectivity index (χ2v) is 14.1. The number of hydrogen-bond acceptors (Lipinski definition) is 2. The molecule has 2 nitrogen and oxygen atoms in total. The van der Waals surface area contributed by atoms with Crippen molar-refractivity contribution in [3.8, 4) is 56.2 Å². The summed E-state index contributed by atoms with van der Waals surface area (Å²) in [6, 6.07) is 61.2. The van der Waals surface area contributed by atoms with E-state index in [1.165, 1.54) is 65.7 Å². The molecule has 2 heteroatoms. The van der Waals surface area contributed by atoms with Crippen molar-refractivity contribution < 1.29 is 0 Å². The highest BCUT2D eigenvalue weighted by molar-refractivity contribution is 6.19. The largest absolute Gasteiger partial charge is 0.228 e. The SMILES string of the molecule is CC1(C)c2ccccc2-c2cccc(-c3ccccc3-c3cc(-c4c5ccccc5cc5c4ccc4ccccc45)nc(-c4ccccc4)n3)c21. The number of fused-ring (bicyclic) bond motifs is 7. The highest BCUT2D eigenvalue weighted by Crippen LogP contribution is 2.53. The summed E-state index contributed by atoms with van der Waals surface area (Å²) in [5.41, 5.74) is 12.7. The fourth-order valence-electron chi connectivity index (χ4n) is 8.54. The van der Waals surface area contributed by atoms with Crippen LogP contribution >= 0.6 is 0 Å². The maximum absolute atomic E-state index is 5.38. The van der Waals surface area contributed by atoms with E-state index in [4.69, 9.17) is 9.97 Å². The van der Waals surface area contributed by atoms with Crippen LogP contribution < -0.4 is 0 Å². The van der Waals surface area contributed by atoms with Gasteiger partial charge in [0.2, 0.25) is 0 Å². The van der Waals surface area contributed by atoms with Gasteiger partial charge in [-0.3, -0.25) is 0 Å². The Kier molecular flexibility index (Phi) is 6.56. The lowest BCUT2D eigenvalue weighted by molar-refractivity contribution is 0.662. The second kappa shape index (κ2) is 11.3. The summed E-state index contributed by atoms with van der Waals surface area (Å²) in [6.07, 6.45) is 0. The molecule has 0 fully saturated rings. The van der Waals surface area contributed by atoms with Gasteiger partial charge < -0.3 is 0 Å². The van der Waals surface area contributed by atoms with Crippen LogP contribution in [-0.2, 0) is 5.41 Å². The minimum Gasteiger partial charge on any atom is -0.228 e. The zero-order valence-electron chi connectivity index (χ0n) is 28.6. The molecule has 0 bridgehead atoms. The molecule has 51 heavy (non-hydrogen) atoms. The predicted molar refractivity (Wildman–Crippen MR) is 214 cm³/mol. The first kappa shape index (κ1) is 29.5. The fraction of sp³-hybridized carbons (Fsp3) is 0.0612. The van der Waals surface area contributed by atoms with Crippen LogP contribution in [0, 0.1) is 0 Å². The highest BCUT2D eigenvalue weighted by Gasteiger charge is 2.37. The van der Waals surface area contributed by atoms with Crippen LogP contribution in [0.25, 0.3) is 88.5 Å². The van der Waals surface area contributed by atoms with Gasteiger partial charge in [-0.25, -0.2) is 9.97 Å². The van der Waals surface area contributed by atoms with Gasteiger partial charge >= 0.3 is 0 Å². The van der Waals surface area contributed by atoms with E-state index in [1.807, 2.05) is 6.07 Å². The first-order valence-electron chi connectivity index (χ1n) is 17.7. The molecule has 0 unspecified atom stereocenters. The van der Waals surface area contributed by atoms with Crippen LogP contribution in [0.2, 0.25) is 0 Å². The lowest BCUT2D eigenvalue weighted by atomic mass is 9.78. The maximum atomic E-state index is 5.38. The third-order valence-electron chi connectivity index (χ3n) is 10.9. The standard InChI is InChI=1S/C49H34N2/c1-49(2)43-26-13-12-22-37(43)41-25-14-24-40(47(41)49)36-21-10-11-23-38(36)44-30-45(51-48(50-44)32-16-4-3-5-17-32)46-35-20-9-7-18-33(35)29-42-34-19-8-6-15-31(34)27-28-39(42)46/h3-30H,1-2H3. The van der Waals surface area contributed by atoms with Crippen molar-refractivity contribution in [2.75, 3.05) is 0 Å². The van der Waals surface area contributed by atoms with Crippen molar-refractivity contribution in [1.29, 1.82) is 0 Å². The molecule has 1 aliphatic carbocycles. The van der Waals surface area contributed by atoms with Gasteiger partial charge in [0.15, 0.2) is 5.82 Å². The molecule has 8 aromatic carbocycles. The molecule has 0 aliphatic heterocycles. The van der Waals surface area contributed by atoms with E-state index in [0.717, 1.165) is 28.1 Å². The van der Waals surface area contributed by atoms with E-state index >= 15 is 0 Å². The zero-order chi connectivity index (χ0) is 34.1. The van der Waals surface area contributed by atoms with Gasteiger partial charge in [0.1, 0.15) is 0 Å². The number of hydrogen-bond donors (Lipinski definition) is 0. The van der Waals surface area contributed by atoms with Crippen molar-refractivity contribution in [3.05, 3.63) is 181 Å². The minimum absolute atomic E-state index is 0.147. The molecule has 10 rings (SSSR count). The van der Waals surface area contributed by atoms with Gasteiger partial charge in [-0.2, -0.15) is 0 Å². The molecule has 0 saturated carbocycles. The van der Waals surface area contributed by atoms with E-state index in [2.05, 4.69) is 178 Å². The van der Waals surface area contributed by atoms with Gasteiger partial charge in [0.25, 0.3) is 0 Å². The summed E-state index contributed by atoms with van der Waals surface area (Å²) >= 11 is 0. The van der Waals surface area contributed by atoms with Gasteiger partial charge in [-0.1, -0.05) is 172 Å². The molecule has 0 saturated heterocycles. The smallest absolute Gasteiger partial charge is 0.160 e. The average molecular weight is 651 g/mol. The first-order chi connectivity index (χ1) is 25.1. The summed E-state index contributed by atoms with van der Waals surface area (Å²) in [4.78, 5) is 10.7. The van der Waals surface area contributed by atoms with Crippen LogP contribution in [0.3, 0.4) is 0 Å². The Labute approximate surface area is 297 Å². The topological polar surface area (TPSA) is 25.8 Å². The van der Waals surface area contributed by atoms with Crippen LogP contribution in [0.1, 0.15) is 25.0 Å². The molecule has 0 atom stereocenters. The van der Waals surface area contributed by atoms with Crippen molar-refractivity contribution >= 4 is 32.3 Å².